The van der Waals surface area contributed by atoms with E-state index in [9.17, 15) is 4.79 Å². The van der Waals surface area contributed by atoms with Gasteiger partial charge in [-0.25, -0.2) is 4.98 Å². The van der Waals surface area contributed by atoms with Gasteiger partial charge in [0.1, 0.15) is 5.82 Å². The highest BCUT2D eigenvalue weighted by molar-refractivity contribution is 5.66. The monoisotopic (exact) mass is 236 g/mol. The highest BCUT2D eigenvalue weighted by Gasteiger charge is 2.14. The molecule has 0 bridgehead atoms. The molecule has 17 heavy (non-hydrogen) atoms. The lowest BCUT2D eigenvalue weighted by Gasteiger charge is -2.18. The zero-order valence-corrected chi connectivity index (χ0v) is 9.85. The number of ether oxygens (including phenoxy) is 1. The Labute approximate surface area is 100 Å². The maximum Gasteiger partial charge on any atom is 0.303 e. The maximum absolute atomic E-state index is 10.4. The smallest absolute Gasteiger partial charge is 0.303 e. The molecule has 0 radical (unpaired) electrons. The molecule has 92 valence electrons. The Morgan fingerprint density at radius 3 is 3.12 bits per heavy atom. The van der Waals surface area contributed by atoms with E-state index in [0.717, 1.165) is 17.1 Å². The number of carboxylic acids is 1. The zero-order valence-electron chi connectivity index (χ0n) is 9.85. The van der Waals surface area contributed by atoms with E-state index in [1.165, 1.54) is 0 Å². The van der Waals surface area contributed by atoms with E-state index in [4.69, 9.17) is 9.84 Å². The number of anilines is 1. The standard InChI is InChI=1S/C12H16N2O3/c1-14(6-2-3-12(15)16)11-5-4-9-7-17-8-10(9)13-11/h4-5H,2-3,6-8H2,1H3,(H,15,16). The van der Waals surface area contributed by atoms with Crippen molar-refractivity contribution >= 4 is 11.8 Å². The first-order valence-corrected chi connectivity index (χ1v) is 5.66. The number of rotatable bonds is 5. The van der Waals surface area contributed by atoms with Crippen LogP contribution in [-0.4, -0.2) is 29.7 Å². The Morgan fingerprint density at radius 1 is 1.53 bits per heavy atom. The van der Waals surface area contributed by atoms with Crippen LogP contribution in [0.3, 0.4) is 0 Å². The van der Waals surface area contributed by atoms with Crippen molar-refractivity contribution < 1.29 is 14.6 Å². The van der Waals surface area contributed by atoms with Crippen LogP contribution in [0, 0.1) is 0 Å². The lowest BCUT2D eigenvalue weighted by molar-refractivity contribution is -0.137. The molecule has 0 aliphatic carbocycles. The van der Waals surface area contributed by atoms with Crippen LogP contribution >= 0.6 is 0 Å². The van der Waals surface area contributed by atoms with Crippen LogP contribution in [0.5, 0.6) is 0 Å². The Hall–Kier alpha value is -1.62. The van der Waals surface area contributed by atoms with Crippen LogP contribution in [0.25, 0.3) is 0 Å². The molecule has 1 aliphatic heterocycles. The van der Waals surface area contributed by atoms with Gasteiger partial charge >= 0.3 is 5.97 Å². The van der Waals surface area contributed by atoms with Crippen LogP contribution in [0.2, 0.25) is 0 Å². The number of aromatic nitrogens is 1. The Bertz CT molecular complexity index is 420. The summed E-state index contributed by atoms with van der Waals surface area (Å²) in [6.45, 7) is 1.91. The fourth-order valence-electron chi connectivity index (χ4n) is 1.83. The summed E-state index contributed by atoms with van der Waals surface area (Å²) in [5.74, 6) is 0.119. The molecule has 2 rings (SSSR count). The molecule has 0 fully saturated rings. The van der Waals surface area contributed by atoms with E-state index in [2.05, 4.69) is 4.98 Å². The molecule has 1 aromatic heterocycles. The van der Waals surface area contributed by atoms with Crippen molar-refractivity contribution in [3.8, 4) is 0 Å². The first-order chi connectivity index (χ1) is 8.16. The number of carboxylic acid groups (broad SMARTS) is 1. The second-order valence-electron chi connectivity index (χ2n) is 4.19. The fourth-order valence-corrected chi connectivity index (χ4v) is 1.83. The normalized spacial score (nSPS) is 13.5. The van der Waals surface area contributed by atoms with Crippen LogP contribution in [-0.2, 0) is 22.7 Å². The van der Waals surface area contributed by atoms with E-state index in [0.29, 0.717) is 26.2 Å². The third kappa shape index (κ3) is 2.94. The largest absolute Gasteiger partial charge is 0.481 e. The van der Waals surface area contributed by atoms with Gasteiger partial charge in [0.25, 0.3) is 0 Å². The van der Waals surface area contributed by atoms with E-state index >= 15 is 0 Å². The number of fused-ring (bicyclic) bond motifs is 1. The van der Waals surface area contributed by atoms with E-state index in [1.807, 2.05) is 24.1 Å². The molecule has 0 aromatic carbocycles. The van der Waals surface area contributed by atoms with Gasteiger partial charge in [0.15, 0.2) is 0 Å². The van der Waals surface area contributed by atoms with Gasteiger partial charge in [-0.1, -0.05) is 6.07 Å². The van der Waals surface area contributed by atoms with Gasteiger partial charge in [-0.3, -0.25) is 4.79 Å². The zero-order chi connectivity index (χ0) is 12.3. The van der Waals surface area contributed by atoms with Crippen molar-refractivity contribution in [3.05, 3.63) is 23.4 Å². The molecule has 0 amide bonds. The lowest BCUT2D eigenvalue weighted by Crippen LogP contribution is -2.20. The topological polar surface area (TPSA) is 62.7 Å². The first kappa shape index (κ1) is 11.9. The third-order valence-corrected chi connectivity index (χ3v) is 2.83. The van der Waals surface area contributed by atoms with E-state index in [-0.39, 0.29) is 6.42 Å². The van der Waals surface area contributed by atoms with Gasteiger partial charge in [-0.2, -0.15) is 0 Å². The van der Waals surface area contributed by atoms with Crippen molar-refractivity contribution in [3.63, 3.8) is 0 Å². The Kier molecular flexibility index (Phi) is 3.58. The third-order valence-electron chi connectivity index (χ3n) is 2.83. The number of carbonyl (C=O) groups is 1. The first-order valence-electron chi connectivity index (χ1n) is 5.66. The molecule has 5 heteroatoms. The summed E-state index contributed by atoms with van der Waals surface area (Å²) in [6, 6.07) is 3.98. The predicted molar refractivity (Wildman–Crippen MR) is 62.9 cm³/mol. The van der Waals surface area contributed by atoms with Crippen LogP contribution in [0.1, 0.15) is 24.1 Å². The van der Waals surface area contributed by atoms with Crippen molar-refractivity contribution in [2.24, 2.45) is 0 Å². The highest BCUT2D eigenvalue weighted by atomic mass is 16.5. The minimum atomic E-state index is -0.756. The quantitative estimate of drug-likeness (QED) is 0.837. The van der Waals surface area contributed by atoms with Gasteiger partial charge in [0.05, 0.1) is 18.9 Å². The van der Waals surface area contributed by atoms with E-state index in [1.54, 1.807) is 0 Å². The van der Waals surface area contributed by atoms with Crippen molar-refractivity contribution in [2.75, 3.05) is 18.5 Å². The Balaban J connectivity index is 1.95. The summed E-state index contributed by atoms with van der Waals surface area (Å²) in [4.78, 5) is 16.9. The minimum Gasteiger partial charge on any atom is -0.481 e. The van der Waals surface area contributed by atoms with Gasteiger partial charge in [0, 0.05) is 25.6 Å². The number of pyridine rings is 1. The van der Waals surface area contributed by atoms with Gasteiger partial charge in [-0.15, -0.1) is 0 Å². The second kappa shape index (κ2) is 5.14. The highest BCUT2D eigenvalue weighted by Crippen LogP contribution is 2.21. The summed E-state index contributed by atoms with van der Waals surface area (Å²) >= 11 is 0. The molecule has 5 nitrogen and oxygen atoms in total. The molecule has 2 heterocycles. The fraction of sp³-hybridized carbons (Fsp3) is 0.500. The summed E-state index contributed by atoms with van der Waals surface area (Å²) in [5, 5.41) is 8.57. The van der Waals surface area contributed by atoms with Gasteiger partial charge < -0.3 is 14.7 Å². The molecule has 0 atom stereocenters. The predicted octanol–water partition coefficient (Wildman–Crippen LogP) is 1.41. The average Bonchev–Trinajstić information content (AvgIpc) is 2.75. The number of nitrogens with zero attached hydrogens (tertiary/aromatic N) is 2. The summed E-state index contributed by atoms with van der Waals surface area (Å²) < 4.78 is 5.30. The van der Waals surface area contributed by atoms with E-state index < -0.39 is 5.97 Å². The van der Waals surface area contributed by atoms with Crippen LogP contribution < -0.4 is 4.90 Å². The van der Waals surface area contributed by atoms with Crippen molar-refractivity contribution in [1.82, 2.24) is 4.98 Å². The Morgan fingerprint density at radius 2 is 2.35 bits per heavy atom. The van der Waals surface area contributed by atoms with Crippen molar-refractivity contribution in [2.45, 2.75) is 26.1 Å². The molecule has 1 N–H and O–H groups in total. The SMILES string of the molecule is CN(CCCC(=O)O)c1ccc2c(n1)COC2. The summed E-state index contributed by atoms with van der Waals surface area (Å²) in [6.07, 6.45) is 0.819. The molecule has 0 saturated heterocycles. The lowest BCUT2D eigenvalue weighted by atomic mass is 10.2. The van der Waals surface area contributed by atoms with Crippen molar-refractivity contribution in [1.29, 1.82) is 0 Å². The van der Waals surface area contributed by atoms with Crippen LogP contribution in [0.4, 0.5) is 5.82 Å². The average molecular weight is 236 g/mol. The van der Waals surface area contributed by atoms with Crippen LogP contribution in [0.15, 0.2) is 12.1 Å². The summed E-state index contributed by atoms with van der Waals surface area (Å²) in [5.41, 5.74) is 2.14. The molecular weight excluding hydrogens is 220 g/mol. The molecule has 1 aromatic rings. The number of hydrogen-bond donors (Lipinski definition) is 1. The molecular formula is C12H16N2O3. The van der Waals surface area contributed by atoms with Gasteiger partial charge in [-0.05, 0) is 12.5 Å². The minimum absolute atomic E-state index is 0.193. The number of aliphatic carboxylic acids is 1. The maximum atomic E-state index is 10.4. The molecule has 0 unspecified atom stereocenters. The van der Waals surface area contributed by atoms with Gasteiger partial charge in [0.2, 0.25) is 0 Å². The summed E-state index contributed by atoms with van der Waals surface area (Å²) in [7, 11) is 1.92. The molecule has 1 aliphatic rings. The molecule has 0 spiro atoms. The second-order valence-corrected chi connectivity index (χ2v) is 4.19. The molecule has 0 saturated carbocycles. The number of hydrogen-bond acceptors (Lipinski definition) is 4.